The van der Waals surface area contributed by atoms with E-state index >= 15 is 0 Å². The van der Waals surface area contributed by atoms with E-state index in [1.165, 1.54) is 24.5 Å². The summed E-state index contributed by atoms with van der Waals surface area (Å²) in [7, 11) is 0. The molecule has 0 amide bonds. The van der Waals surface area contributed by atoms with Crippen molar-refractivity contribution in [3.8, 4) is 0 Å². The third-order valence-corrected chi connectivity index (χ3v) is 2.13. The van der Waals surface area contributed by atoms with Crippen molar-refractivity contribution < 1.29 is 19.4 Å². The largest absolute Gasteiger partial charge is 0.479 e. The molecular weight excluding hydrogens is 222 g/mol. The molecule has 1 aromatic rings. The van der Waals surface area contributed by atoms with Crippen molar-refractivity contribution in [2.24, 2.45) is 5.92 Å². The number of rotatable bonds is 5. The van der Waals surface area contributed by atoms with Gasteiger partial charge in [0.15, 0.2) is 6.10 Å². The van der Waals surface area contributed by atoms with Crippen LogP contribution in [0.1, 0.15) is 30.6 Å². The van der Waals surface area contributed by atoms with Gasteiger partial charge < -0.3 is 9.84 Å². The zero-order valence-electron chi connectivity index (χ0n) is 9.79. The topological polar surface area (TPSA) is 76.5 Å². The van der Waals surface area contributed by atoms with Gasteiger partial charge in [-0.15, -0.1) is 0 Å². The Morgan fingerprint density at radius 1 is 1.35 bits per heavy atom. The van der Waals surface area contributed by atoms with Crippen molar-refractivity contribution >= 4 is 11.9 Å². The molecule has 17 heavy (non-hydrogen) atoms. The molecule has 0 radical (unpaired) electrons. The second-order valence-electron chi connectivity index (χ2n) is 4.10. The van der Waals surface area contributed by atoms with Crippen LogP contribution in [0.5, 0.6) is 0 Å². The summed E-state index contributed by atoms with van der Waals surface area (Å²) in [5, 5.41) is 8.93. The van der Waals surface area contributed by atoms with Crippen LogP contribution in [0.4, 0.5) is 0 Å². The molecule has 0 spiro atoms. The third-order valence-electron chi connectivity index (χ3n) is 2.13. The molecule has 1 rings (SSSR count). The summed E-state index contributed by atoms with van der Waals surface area (Å²) in [6.45, 7) is 3.74. The van der Waals surface area contributed by atoms with Crippen molar-refractivity contribution in [2.45, 2.75) is 26.4 Å². The summed E-state index contributed by atoms with van der Waals surface area (Å²) in [5.74, 6) is -1.62. The van der Waals surface area contributed by atoms with E-state index in [9.17, 15) is 9.59 Å². The molecular formula is C12H15NO4. The van der Waals surface area contributed by atoms with Crippen LogP contribution >= 0.6 is 0 Å². The van der Waals surface area contributed by atoms with Gasteiger partial charge in [0.05, 0.1) is 5.56 Å². The number of aromatic nitrogens is 1. The number of pyridine rings is 1. The van der Waals surface area contributed by atoms with Crippen LogP contribution in [-0.2, 0) is 9.53 Å². The number of aliphatic carboxylic acids is 1. The molecule has 1 heterocycles. The predicted molar refractivity (Wildman–Crippen MR) is 60.5 cm³/mol. The van der Waals surface area contributed by atoms with Crippen molar-refractivity contribution in [2.75, 3.05) is 0 Å². The van der Waals surface area contributed by atoms with Crippen LogP contribution in [0.25, 0.3) is 0 Å². The highest BCUT2D eigenvalue weighted by atomic mass is 16.6. The van der Waals surface area contributed by atoms with E-state index in [1.807, 2.05) is 13.8 Å². The van der Waals surface area contributed by atoms with E-state index in [-0.39, 0.29) is 5.92 Å². The maximum Gasteiger partial charge on any atom is 0.345 e. The van der Waals surface area contributed by atoms with E-state index in [0.29, 0.717) is 12.0 Å². The van der Waals surface area contributed by atoms with Gasteiger partial charge in [-0.25, -0.2) is 9.59 Å². The Hall–Kier alpha value is -1.91. The maximum atomic E-state index is 11.6. The lowest BCUT2D eigenvalue weighted by Gasteiger charge is -2.15. The van der Waals surface area contributed by atoms with Crippen LogP contribution in [0.15, 0.2) is 24.5 Å². The zero-order chi connectivity index (χ0) is 12.8. The highest BCUT2D eigenvalue weighted by Gasteiger charge is 2.23. The molecule has 0 saturated carbocycles. The molecule has 5 nitrogen and oxygen atoms in total. The Labute approximate surface area is 99.4 Å². The van der Waals surface area contributed by atoms with Gasteiger partial charge in [-0.2, -0.15) is 0 Å². The van der Waals surface area contributed by atoms with E-state index < -0.39 is 18.0 Å². The fourth-order valence-corrected chi connectivity index (χ4v) is 1.31. The minimum absolute atomic E-state index is 0.140. The average molecular weight is 237 g/mol. The first-order valence-electron chi connectivity index (χ1n) is 5.34. The van der Waals surface area contributed by atoms with E-state index in [4.69, 9.17) is 9.84 Å². The number of carbonyl (C=O) groups excluding carboxylic acids is 1. The normalized spacial score (nSPS) is 12.2. The second-order valence-corrected chi connectivity index (χ2v) is 4.10. The number of carbonyl (C=O) groups is 2. The predicted octanol–water partition coefficient (Wildman–Crippen LogP) is 1.74. The smallest absolute Gasteiger partial charge is 0.345 e. The molecule has 1 N–H and O–H groups in total. The number of carboxylic acids is 1. The Balaban J connectivity index is 2.68. The van der Waals surface area contributed by atoms with Crippen LogP contribution in [0.2, 0.25) is 0 Å². The van der Waals surface area contributed by atoms with E-state index in [1.54, 1.807) is 0 Å². The van der Waals surface area contributed by atoms with Gasteiger partial charge in [0, 0.05) is 12.4 Å². The lowest BCUT2D eigenvalue weighted by atomic mass is 10.1. The number of esters is 1. The Bertz CT molecular complexity index is 389. The fourth-order valence-electron chi connectivity index (χ4n) is 1.31. The quantitative estimate of drug-likeness (QED) is 0.789. The zero-order valence-corrected chi connectivity index (χ0v) is 9.79. The Morgan fingerprint density at radius 2 is 1.94 bits per heavy atom. The molecule has 0 aliphatic rings. The molecule has 1 aromatic heterocycles. The summed E-state index contributed by atoms with van der Waals surface area (Å²) >= 11 is 0. The molecule has 0 bridgehead atoms. The van der Waals surface area contributed by atoms with Gasteiger partial charge in [-0.3, -0.25) is 4.98 Å². The summed E-state index contributed by atoms with van der Waals surface area (Å²) < 4.78 is 4.94. The monoisotopic (exact) mass is 237 g/mol. The van der Waals surface area contributed by atoms with Gasteiger partial charge in [0.25, 0.3) is 0 Å². The number of carboxylic acid groups (broad SMARTS) is 1. The molecule has 0 unspecified atom stereocenters. The standard InChI is InChI=1S/C12H15NO4/c1-8(2)7-10(11(14)15)17-12(16)9-3-5-13-6-4-9/h3-6,8,10H,7H2,1-2H3,(H,14,15)/t10-/m0/s1. The second kappa shape index (κ2) is 5.98. The fraction of sp³-hybridized carbons (Fsp3) is 0.417. The number of ether oxygens (including phenoxy) is 1. The number of hydrogen-bond donors (Lipinski definition) is 1. The molecule has 0 aliphatic carbocycles. The highest BCUT2D eigenvalue weighted by molar-refractivity contribution is 5.91. The summed E-state index contributed by atoms with van der Waals surface area (Å²) in [6.07, 6.45) is 2.10. The number of nitrogens with zero attached hydrogens (tertiary/aromatic N) is 1. The first-order chi connectivity index (χ1) is 8.00. The molecule has 0 aromatic carbocycles. The van der Waals surface area contributed by atoms with Gasteiger partial charge in [0.1, 0.15) is 0 Å². The van der Waals surface area contributed by atoms with Crippen molar-refractivity contribution in [3.05, 3.63) is 30.1 Å². The minimum Gasteiger partial charge on any atom is -0.479 e. The molecule has 0 aliphatic heterocycles. The number of hydrogen-bond acceptors (Lipinski definition) is 4. The summed E-state index contributed by atoms with van der Waals surface area (Å²) in [6, 6.07) is 2.97. The maximum absolute atomic E-state index is 11.6. The van der Waals surface area contributed by atoms with Crippen LogP contribution in [-0.4, -0.2) is 28.1 Å². The minimum atomic E-state index is -1.12. The van der Waals surface area contributed by atoms with E-state index in [0.717, 1.165) is 0 Å². The molecule has 0 fully saturated rings. The molecule has 1 atom stereocenters. The summed E-state index contributed by atoms with van der Waals surface area (Å²) in [5.41, 5.74) is 0.301. The van der Waals surface area contributed by atoms with Crippen LogP contribution in [0, 0.1) is 5.92 Å². The highest BCUT2D eigenvalue weighted by Crippen LogP contribution is 2.11. The van der Waals surface area contributed by atoms with Crippen LogP contribution < -0.4 is 0 Å². The van der Waals surface area contributed by atoms with Gasteiger partial charge in [-0.05, 0) is 24.5 Å². The van der Waals surface area contributed by atoms with Gasteiger partial charge >= 0.3 is 11.9 Å². The molecule has 0 saturated heterocycles. The van der Waals surface area contributed by atoms with E-state index in [2.05, 4.69) is 4.98 Å². The first kappa shape index (κ1) is 13.2. The van der Waals surface area contributed by atoms with Crippen molar-refractivity contribution in [1.82, 2.24) is 4.98 Å². The van der Waals surface area contributed by atoms with Gasteiger partial charge in [-0.1, -0.05) is 13.8 Å². The average Bonchev–Trinajstić information content (AvgIpc) is 2.28. The SMILES string of the molecule is CC(C)C[C@H](OC(=O)c1ccncc1)C(=O)O. The molecule has 92 valence electrons. The Morgan fingerprint density at radius 3 is 2.41 bits per heavy atom. The summed E-state index contributed by atoms with van der Waals surface area (Å²) in [4.78, 5) is 26.3. The Kier molecular flexibility index (Phi) is 4.63. The van der Waals surface area contributed by atoms with Crippen molar-refractivity contribution in [1.29, 1.82) is 0 Å². The molecule has 5 heteroatoms. The lowest BCUT2D eigenvalue weighted by Crippen LogP contribution is -2.28. The first-order valence-corrected chi connectivity index (χ1v) is 5.34. The third kappa shape index (κ3) is 4.22. The van der Waals surface area contributed by atoms with Crippen molar-refractivity contribution in [3.63, 3.8) is 0 Å². The van der Waals surface area contributed by atoms with Crippen LogP contribution in [0.3, 0.4) is 0 Å². The van der Waals surface area contributed by atoms with Gasteiger partial charge in [0.2, 0.25) is 0 Å². The lowest BCUT2D eigenvalue weighted by molar-refractivity contribution is -0.148.